The van der Waals surface area contributed by atoms with Gasteiger partial charge in [0.15, 0.2) is 0 Å². The minimum absolute atomic E-state index is 0.0588. The summed E-state index contributed by atoms with van der Waals surface area (Å²) in [6.07, 6.45) is 6.17. The highest BCUT2D eigenvalue weighted by Crippen LogP contribution is 2.38. The van der Waals surface area contributed by atoms with Gasteiger partial charge >= 0.3 is 0 Å². The van der Waals surface area contributed by atoms with Crippen molar-refractivity contribution in [1.82, 2.24) is 9.97 Å². The fourth-order valence-corrected chi connectivity index (χ4v) is 3.59. The van der Waals surface area contributed by atoms with Crippen LogP contribution in [0.15, 0.2) is 53.6 Å². The molecule has 0 amide bonds. The Kier molecular flexibility index (Phi) is 4.03. The number of benzene rings is 2. The molecule has 1 aromatic heterocycles. The van der Waals surface area contributed by atoms with Gasteiger partial charge in [-0.3, -0.25) is 4.79 Å². The lowest BCUT2D eigenvalue weighted by molar-refractivity contribution is 0.306. The van der Waals surface area contributed by atoms with Crippen LogP contribution in [0.25, 0.3) is 10.9 Å². The van der Waals surface area contributed by atoms with Crippen LogP contribution in [0.2, 0.25) is 0 Å². The molecule has 1 aliphatic carbocycles. The fraction of sp³-hybridized carbons (Fsp3) is 0.300. The Labute approximate surface area is 140 Å². The normalized spacial score (nSPS) is 15.0. The first-order valence-corrected chi connectivity index (χ1v) is 8.49. The van der Waals surface area contributed by atoms with Gasteiger partial charge in [0.25, 0.3) is 5.56 Å². The predicted molar refractivity (Wildman–Crippen MR) is 94.3 cm³/mol. The van der Waals surface area contributed by atoms with Gasteiger partial charge in [0.1, 0.15) is 12.4 Å². The molecule has 0 atom stereocenters. The van der Waals surface area contributed by atoms with E-state index < -0.39 is 0 Å². The molecule has 3 aromatic rings. The average Bonchev–Trinajstić information content (AvgIpc) is 3.15. The second kappa shape index (κ2) is 6.48. The van der Waals surface area contributed by atoms with Crippen LogP contribution in [0.3, 0.4) is 0 Å². The van der Waals surface area contributed by atoms with Gasteiger partial charge in [-0.15, -0.1) is 0 Å². The van der Waals surface area contributed by atoms with Crippen LogP contribution in [0, 0.1) is 0 Å². The molecule has 0 unspecified atom stereocenters. The van der Waals surface area contributed by atoms with Gasteiger partial charge in [0, 0.05) is 6.07 Å². The van der Waals surface area contributed by atoms with Crippen molar-refractivity contribution in [2.75, 3.05) is 0 Å². The molecule has 1 heterocycles. The lowest BCUT2D eigenvalue weighted by Gasteiger charge is -2.15. The van der Waals surface area contributed by atoms with Crippen LogP contribution in [0.5, 0.6) is 5.75 Å². The summed E-state index contributed by atoms with van der Waals surface area (Å²) in [5, 5.41) is 0.719. The topological polar surface area (TPSA) is 55.0 Å². The quantitative estimate of drug-likeness (QED) is 0.785. The Hall–Kier alpha value is -2.62. The molecular formula is C20H20N2O2. The summed E-state index contributed by atoms with van der Waals surface area (Å²) >= 11 is 0. The van der Waals surface area contributed by atoms with Crippen LogP contribution < -0.4 is 10.3 Å². The number of rotatable bonds is 4. The van der Waals surface area contributed by atoms with Gasteiger partial charge in [-0.1, -0.05) is 43.2 Å². The van der Waals surface area contributed by atoms with Gasteiger partial charge in [0.05, 0.1) is 17.2 Å². The highest BCUT2D eigenvalue weighted by atomic mass is 16.5. The zero-order valence-electron chi connectivity index (χ0n) is 13.5. The van der Waals surface area contributed by atoms with E-state index >= 15 is 0 Å². The van der Waals surface area contributed by atoms with E-state index in [0.29, 0.717) is 18.0 Å². The Balaban J connectivity index is 1.72. The second-order valence-electron chi connectivity index (χ2n) is 6.39. The molecule has 1 N–H and O–H groups in total. The van der Waals surface area contributed by atoms with Crippen LogP contribution in [-0.2, 0) is 6.61 Å². The number of hydrogen-bond acceptors (Lipinski definition) is 3. The summed E-state index contributed by atoms with van der Waals surface area (Å²) in [5.41, 5.74) is 2.86. The van der Waals surface area contributed by atoms with E-state index in [9.17, 15) is 4.79 Å². The molecule has 122 valence electrons. The van der Waals surface area contributed by atoms with Crippen molar-refractivity contribution in [3.8, 4) is 5.75 Å². The molecule has 0 saturated heterocycles. The monoisotopic (exact) mass is 320 g/mol. The Morgan fingerprint density at radius 3 is 2.71 bits per heavy atom. The summed E-state index contributed by atoms with van der Waals surface area (Å²) in [6.45, 7) is 0.514. The summed E-state index contributed by atoms with van der Waals surface area (Å²) in [4.78, 5) is 19.4. The van der Waals surface area contributed by atoms with Crippen LogP contribution in [-0.4, -0.2) is 9.97 Å². The van der Waals surface area contributed by atoms with E-state index in [2.05, 4.69) is 9.97 Å². The van der Waals surface area contributed by atoms with Crippen molar-refractivity contribution in [1.29, 1.82) is 0 Å². The SMILES string of the molecule is O=c1[nH]cnc2cc(OCc3ccccc3)cc(C3CCCC3)c12. The maximum atomic E-state index is 12.3. The van der Waals surface area contributed by atoms with Crippen LogP contribution >= 0.6 is 0 Å². The molecule has 0 spiro atoms. The molecule has 4 rings (SSSR count). The molecule has 4 nitrogen and oxygen atoms in total. The number of nitrogens with zero attached hydrogens (tertiary/aromatic N) is 1. The van der Waals surface area contributed by atoms with E-state index in [0.717, 1.165) is 35.1 Å². The van der Waals surface area contributed by atoms with E-state index in [-0.39, 0.29) is 5.56 Å². The van der Waals surface area contributed by atoms with Gasteiger partial charge in [0.2, 0.25) is 0 Å². The number of H-pyrrole nitrogens is 1. The van der Waals surface area contributed by atoms with Crippen molar-refractivity contribution in [3.63, 3.8) is 0 Å². The smallest absolute Gasteiger partial charge is 0.258 e. The first-order valence-electron chi connectivity index (χ1n) is 8.49. The third-order valence-electron chi connectivity index (χ3n) is 4.79. The van der Waals surface area contributed by atoms with Crippen molar-refractivity contribution < 1.29 is 4.74 Å². The Morgan fingerprint density at radius 2 is 1.92 bits per heavy atom. The van der Waals surface area contributed by atoms with Crippen molar-refractivity contribution in [2.45, 2.75) is 38.2 Å². The van der Waals surface area contributed by atoms with E-state index in [1.54, 1.807) is 0 Å². The first kappa shape index (κ1) is 14.9. The molecule has 1 fully saturated rings. The Morgan fingerprint density at radius 1 is 1.12 bits per heavy atom. The van der Waals surface area contributed by atoms with Gasteiger partial charge in [-0.2, -0.15) is 0 Å². The van der Waals surface area contributed by atoms with Gasteiger partial charge < -0.3 is 9.72 Å². The maximum absolute atomic E-state index is 12.3. The maximum Gasteiger partial charge on any atom is 0.258 e. The standard InChI is InChI=1S/C20H20N2O2/c23-20-19-17(15-8-4-5-9-15)10-16(11-18(19)21-13-22-20)24-12-14-6-2-1-3-7-14/h1-3,6-7,10-11,13,15H,4-5,8-9,12H2,(H,21,22,23). The average molecular weight is 320 g/mol. The highest BCUT2D eigenvalue weighted by molar-refractivity contribution is 5.83. The molecule has 4 heteroatoms. The number of aromatic nitrogens is 2. The highest BCUT2D eigenvalue weighted by Gasteiger charge is 2.22. The van der Waals surface area contributed by atoms with E-state index in [1.807, 2.05) is 42.5 Å². The summed E-state index contributed by atoms with van der Waals surface area (Å²) in [5.74, 6) is 1.21. The largest absolute Gasteiger partial charge is 0.489 e. The van der Waals surface area contributed by atoms with E-state index in [4.69, 9.17) is 4.74 Å². The second-order valence-corrected chi connectivity index (χ2v) is 6.39. The van der Waals surface area contributed by atoms with Crippen molar-refractivity contribution in [2.24, 2.45) is 0 Å². The molecule has 1 aliphatic rings. The number of hydrogen-bond donors (Lipinski definition) is 1. The lowest BCUT2D eigenvalue weighted by atomic mass is 9.94. The molecule has 24 heavy (non-hydrogen) atoms. The number of ether oxygens (including phenoxy) is 1. The fourth-order valence-electron chi connectivity index (χ4n) is 3.59. The summed E-state index contributed by atoms with van der Waals surface area (Å²) in [6, 6.07) is 14.0. The summed E-state index contributed by atoms with van der Waals surface area (Å²) in [7, 11) is 0. The zero-order valence-corrected chi connectivity index (χ0v) is 13.5. The van der Waals surface area contributed by atoms with Gasteiger partial charge in [-0.25, -0.2) is 4.98 Å². The molecule has 1 saturated carbocycles. The summed E-state index contributed by atoms with van der Waals surface area (Å²) < 4.78 is 5.99. The molecule has 2 aromatic carbocycles. The van der Waals surface area contributed by atoms with Crippen LogP contribution in [0.1, 0.15) is 42.7 Å². The minimum Gasteiger partial charge on any atom is -0.489 e. The minimum atomic E-state index is -0.0588. The molecular weight excluding hydrogens is 300 g/mol. The third-order valence-corrected chi connectivity index (χ3v) is 4.79. The predicted octanol–water partition coefficient (Wildman–Crippen LogP) is 4.16. The van der Waals surface area contributed by atoms with Gasteiger partial charge in [-0.05, 0) is 36.0 Å². The molecule has 0 bridgehead atoms. The molecule has 0 aliphatic heterocycles. The van der Waals surface area contributed by atoms with Crippen LogP contribution in [0.4, 0.5) is 0 Å². The zero-order chi connectivity index (χ0) is 16.4. The van der Waals surface area contributed by atoms with E-state index in [1.165, 1.54) is 19.2 Å². The third kappa shape index (κ3) is 2.92. The number of aromatic amines is 1. The van der Waals surface area contributed by atoms with Crippen molar-refractivity contribution >= 4 is 10.9 Å². The number of fused-ring (bicyclic) bond motifs is 1. The molecule has 0 radical (unpaired) electrons. The van der Waals surface area contributed by atoms with Crippen molar-refractivity contribution in [3.05, 3.63) is 70.3 Å². The Bertz CT molecular complexity index is 896. The lowest BCUT2D eigenvalue weighted by Crippen LogP contribution is -2.11. The number of nitrogens with one attached hydrogen (secondary N) is 1. The first-order chi connectivity index (χ1) is 11.8.